The Kier molecular flexibility index (Phi) is 4.36. The van der Waals surface area contributed by atoms with E-state index >= 15 is 0 Å². The first kappa shape index (κ1) is 14.6. The van der Waals surface area contributed by atoms with Gasteiger partial charge in [-0.05, 0) is 31.8 Å². The van der Waals surface area contributed by atoms with Crippen LogP contribution in [0.4, 0.5) is 0 Å². The number of halogens is 1. The van der Waals surface area contributed by atoms with Crippen LogP contribution in [0.1, 0.15) is 19.8 Å². The molecular weight excluding hydrogens is 266 g/mol. The number of carbonyl (C=O) groups excluding carboxylic acids is 2. The summed E-state index contributed by atoms with van der Waals surface area (Å²) in [5, 5.41) is 3.19. The smallest absolute Gasteiger partial charge is 0.242 e. The quantitative estimate of drug-likeness (QED) is 0.801. The zero-order chi connectivity index (χ0) is 12.7. The molecule has 3 fully saturated rings. The van der Waals surface area contributed by atoms with Crippen LogP contribution in [-0.4, -0.2) is 60.4 Å². The molecule has 1 atom stereocenters. The maximum atomic E-state index is 12.3. The normalized spacial score (nSPS) is 25.6. The van der Waals surface area contributed by atoms with Crippen molar-refractivity contribution >= 4 is 24.2 Å². The lowest BCUT2D eigenvalue weighted by Crippen LogP contribution is -2.56. The van der Waals surface area contributed by atoms with Crippen LogP contribution in [-0.2, 0) is 9.59 Å². The van der Waals surface area contributed by atoms with E-state index in [1.807, 2.05) is 11.8 Å². The molecule has 2 amide bonds. The summed E-state index contributed by atoms with van der Waals surface area (Å²) < 4.78 is 0. The minimum absolute atomic E-state index is 0. The van der Waals surface area contributed by atoms with Gasteiger partial charge in [0, 0.05) is 25.0 Å². The molecule has 2 aliphatic heterocycles. The predicted molar refractivity (Wildman–Crippen MR) is 74.1 cm³/mol. The van der Waals surface area contributed by atoms with E-state index in [0.717, 1.165) is 32.5 Å². The molecule has 6 heteroatoms. The molecule has 2 heterocycles. The van der Waals surface area contributed by atoms with Crippen LogP contribution in [0.15, 0.2) is 0 Å². The third-order valence-corrected chi connectivity index (χ3v) is 4.47. The number of nitrogens with one attached hydrogen (secondary N) is 1. The van der Waals surface area contributed by atoms with Crippen LogP contribution in [0.3, 0.4) is 0 Å². The van der Waals surface area contributed by atoms with E-state index in [0.29, 0.717) is 25.0 Å². The minimum Gasteiger partial charge on any atom is -0.336 e. The van der Waals surface area contributed by atoms with E-state index in [-0.39, 0.29) is 30.1 Å². The predicted octanol–water partition coefficient (Wildman–Crippen LogP) is 0.0969. The summed E-state index contributed by atoms with van der Waals surface area (Å²) >= 11 is 0. The van der Waals surface area contributed by atoms with Gasteiger partial charge in [0.05, 0.1) is 6.54 Å². The summed E-state index contributed by atoms with van der Waals surface area (Å²) in [4.78, 5) is 28.0. The van der Waals surface area contributed by atoms with E-state index in [2.05, 4.69) is 5.32 Å². The highest BCUT2D eigenvalue weighted by molar-refractivity contribution is 5.87. The number of piperazine rings is 1. The van der Waals surface area contributed by atoms with Gasteiger partial charge in [-0.3, -0.25) is 9.59 Å². The van der Waals surface area contributed by atoms with Crippen molar-refractivity contribution in [3.8, 4) is 0 Å². The van der Waals surface area contributed by atoms with Crippen molar-refractivity contribution < 1.29 is 9.59 Å². The highest BCUT2D eigenvalue weighted by atomic mass is 35.5. The second-order valence-corrected chi connectivity index (χ2v) is 5.79. The lowest BCUT2D eigenvalue weighted by atomic mass is 9.88. The zero-order valence-corrected chi connectivity index (χ0v) is 12.1. The third kappa shape index (κ3) is 2.87. The highest BCUT2D eigenvalue weighted by Crippen LogP contribution is 2.28. The molecule has 1 aliphatic carbocycles. The van der Waals surface area contributed by atoms with Crippen molar-refractivity contribution in [2.75, 3.05) is 32.7 Å². The minimum atomic E-state index is 0. The first-order chi connectivity index (χ1) is 8.66. The fourth-order valence-electron chi connectivity index (χ4n) is 2.80. The van der Waals surface area contributed by atoms with Crippen LogP contribution in [0.25, 0.3) is 0 Å². The van der Waals surface area contributed by atoms with Crippen LogP contribution in [0, 0.1) is 11.8 Å². The van der Waals surface area contributed by atoms with Crippen molar-refractivity contribution in [3.05, 3.63) is 0 Å². The van der Waals surface area contributed by atoms with Crippen molar-refractivity contribution in [1.82, 2.24) is 15.1 Å². The molecule has 19 heavy (non-hydrogen) atoms. The Morgan fingerprint density at radius 1 is 1.32 bits per heavy atom. The summed E-state index contributed by atoms with van der Waals surface area (Å²) in [6.45, 7) is 5.59. The number of hydrogen-bond acceptors (Lipinski definition) is 3. The fourth-order valence-corrected chi connectivity index (χ4v) is 2.80. The molecule has 0 aromatic rings. The van der Waals surface area contributed by atoms with Gasteiger partial charge in [0.25, 0.3) is 0 Å². The van der Waals surface area contributed by atoms with Gasteiger partial charge in [-0.2, -0.15) is 0 Å². The first-order valence-electron chi connectivity index (χ1n) is 6.96. The molecule has 2 saturated heterocycles. The van der Waals surface area contributed by atoms with E-state index in [4.69, 9.17) is 0 Å². The molecular formula is C13H22ClN3O2. The summed E-state index contributed by atoms with van der Waals surface area (Å²) in [5.41, 5.74) is 0. The van der Waals surface area contributed by atoms with Gasteiger partial charge in [-0.1, -0.05) is 6.92 Å². The molecule has 0 aromatic carbocycles. The van der Waals surface area contributed by atoms with Crippen molar-refractivity contribution in [2.24, 2.45) is 11.8 Å². The average molecular weight is 288 g/mol. The topological polar surface area (TPSA) is 52.7 Å². The van der Waals surface area contributed by atoms with Gasteiger partial charge in [0.1, 0.15) is 0 Å². The standard InChI is InChI=1S/C13H21N3O2.ClH/c1-9(10-6-14-7-10)13(18)15-4-5-16(11-2-3-11)12(17)8-15;/h9-11,14H,2-8H2,1H3;1H. The van der Waals surface area contributed by atoms with E-state index < -0.39 is 0 Å². The highest BCUT2D eigenvalue weighted by Gasteiger charge is 2.39. The number of hydrogen-bond donors (Lipinski definition) is 1. The lowest BCUT2D eigenvalue weighted by Gasteiger charge is -2.38. The molecule has 1 saturated carbocycles. The zero-order valence-electron chi connectivity index (χ0n) is 11.3. The van der Waals surface area contributed by atoms with E-state index in [1.165, 1.54) is 0 Å². The van der Waals surface area contributed by atoms with Crippen molar-refractivity contribution in [3.63, 3.8) is 0 Å². The average Bonchev–Trinajstić information content (AvgIpc) is 3.09. The molecule has 0 bridgehead atoms. The molecule has 1 N–H and O–H groups in total. The number of carbonyl (C=O) groups is 2. The van der Waals surface area contributed by atoms with Crippen LogP contribution in [0.2, 0.25) is 0 Å². The summed E-state index contributed by atoms with van der Waals surface area (Å²) in [6.07, 6.45) is 2.29. The molecule has 1 unspecified atom stereocenters. The summed E-state index contributed by atoms with van der Waals surface area (Å²) in [5.74, 6) is 0.793. The Morgan fingerprint density at radius 3 is 2.47 bits per heavy atom. The Hall–Kier alpha value is -0.810. The Balaban J connectivity index is 0.00000133. The Morgan fingerprint density at radius 2 is 2.00 bits per heavy atom. The molecule has 0 spiro atoms. The van der Waals surface area contributed by atoms with Gasteiger partial charge in [-0.25, -0.2) is 0 Å². The third-order valence-electron chi connectivity index (χ3n) is 4.47. The molecule has 108 valence electrons. The molecule has 0 radical (unpaired) electrons. The maximum Gasteiger partial charge on any atom is 0.242 e. The lowest BCUT2D eigenvalue weighted by molar-refractivity contribution is -0.149. The second kappa shape index (κ2) is 5.67. The SMILES string of the molecule is CC(C(=O)N1CCN(C2CC2)C(=O)C1)C1CNC1.Cl. The monoisotopic (exact) mass is 287 g/mol. The van der Waals surface area contributed by atoms with Crippen LogP contribution in [0.5, 0.6) is 0 Å². The largest absolute Gasteiger partial charge is 0.336 e. The molecule has 3 aliphatic rings. The number of amides is 2. The van der Waals surface area contributed by atoms with Gasteiger partial charge >= 0.3 is 0 Å². The van der Waals surface area contributed by atoms with E-state index in [9.17, 15) is 9.59 Å². The summed E-state index contributed by atoms with van der Waals surface area (Å²) in [7, 11) is 0. The van der Waals surface area contributed by atoms with Gasteiger partial charge in [0.2, 0.25) is 11.8 Å². The van der Waals surface area contributed by atoms with Crippen LogP contribution >= 0.6 is 12.4 Å². The van der Waals surface area contributed by atoms with Crippen LogP contribution < -0.4 is 5.32 Å². The van der Waals surface area contributed by atoms with Crippen molar-refractivity contribution in [1.29, 1.82) is 0 Å². The fraction of sp³-hybridized carbons (Fsp3) is 0.846. The Bertz CT molecular complexity index is 369. The van der Waals surface area contributed by atoms with E-state index in [1.54, 1.807) is 4.90 Å². The second-order valence-electron chi connectivity index (χ2n) is 5.79. The first-order valence-corrected chi connectivity index (χ1v) is 6.96. The number of rotatable bonds is 3. The van der Waals surface area contributed by atoms with Gasteiger partial charge < -0.3 is 15.1 Å². The van der Waals surface area contributed by atoms with Crippen molar-refractivity contribution in [2.45, 2.75) is 25.8 Å². The molecule has 5 nitrogen and oxygen atoms in total. The maximum absolute atomic E-state index is 12.3. The Labute approximate surface area is 120 Å². The van der Waals surface area contributed by atoms with Gasteiger partial charge in [-0.15, -0.1) is 12.4 Å². The molecule has 3 rings (SSSR count). The summed E-state index contributed by atoms with van der Waals surface area (Å²) in [6, 6.07) is 0.475. The van der Waals surface area contributed by atoms with Gasteiger partial charge in [0.15, 0.2) is 0 Å². The number of nitrogens with zero attached hydrogens (tertiary/aromatic N) is 2. The molecule has 0 aromatic heterocycles.